The second-order valence-corrected chi connectivity index (χ2v) is 7.95. The Morgan fingerprint density at radius 3 is 2.24 bits per heavy atom. The second kappa shape index (κ2) is 14.7. The van der Waals surface area contributed by atoms with E-state index in [1.165, 1.54) is 20.8 Å². The molecule has 0 bridgehead atoms. The van der Waals surface area contributed by atoms with Gasteiger partial charge < -0.3 is 33.9 Å². The Balaban J connectivity index is 3.10. The van der Waals surface area contributed by atoms with E-state index in [-0.39, 0.29) is 25.5 Å². The topological polar surface area (TPSA) is 145 Å². The number of unbranched alkanes of at least 4 members (excludes halogenated alkanes) is 1. The largest absolute Gasteiger partial charge is 0.456 e. The van der Waals surface area contributed by atoms with Gasteiger partial charge in [-0.1, -0.05) is 12.8 Å². The third kappa shape index (κ3) is 10.9. The van der Waals surface area contributed by atoms with Gasteiger partial charge in [0.05, 0.1) is 12.9 Å². The minimum absolute atomic E-state index is 0.0860. The Morgan fingerprint density at radius 1 is 1.06 bits per heavy atom. The van der Waals surface area contributed by atoms with E-state index in [0.29, 0.717) is 12.8 Å². The predicted octanol–water partition coefficient (Wildman–Crippen LogP) is -0.183. The molecule has 0 aliphatic carbocycles. The zero-order valence-electron chi connectivity index (χ0n) is 19.6. The molecule has 2 amide bonds. The molecular formula is C20H34N4O8S. The van der Waals surface area contributed by atoms with Crippen molar-refractivity contribution in [2.24, 2.45) is 4.99 Å². The number of rotatable bonds is 12. The molecule has 5 unspecified atom stereocenters. The van der Waals surface area contributed by atoms with Gasteiger partial charge in [-0.15, -0.1) is 0 Å². The first-order valence-corrected chi connectivity index (χ1v) is 11.0. The normalized spacial score (nSPS) is 24.7. The second-order valence-electron chi connectivity index (χ2n) is 7.72. The van der Waals surface area contributed by atoms with E-state index in [9.17, 15) is 19.2 Å². The van der Waals surface area contributed by atoms with Gasteiger partial charge in [0.2, 0.25) is 11.8 Å². The number of hydrogen-bond acceptors (Lipinski definition) is 10. The first-order valence-electron chi connectivity index (χ1n) is 10.5. The summed E-state index contributed by atoms with van der Waals surface area (Å²) in [5.74, 6) is -1.85. The molecule has 33 heavy (non-hydrogen) atoms. The summed E-state index contributed by atoms with van der Waals surface area (Å²) in [5.41, 5.74) is 0. The lowest BCUT2D eigenvalue weighted by molar-refractivity contribution is -0.269. The molecule has 1 rings (SSSR count). The molecule has 0 saturated carbocycles. The van der Waals surface area contributed by atoms with Crippen LogP contribution in [-0.2, 0) is 38.1 Å². The van der Waals surface area contributed by atoms with Gasteiger partial charge in [0, 0.05) is 47.9 Å². The summed E-state index contributed by atoms with van der Waals surface area (Å²) < 4.78 is 25.0. The van der Waals surface area contributed by atoms with Crippen molar-refractivity contribution in [1.29, 1.82) is 0 Å². The zero-order valence-corrected chi connectivity index (χ0v) is 20.5. The van der Waals surface area contributed by atoms with Gasteiger partial charge >= 0.3 is 11.9 Å². The Kier molecular flexibility index (Phi) is 12.8. The number of thiol groups is 1. The van der Waals surface area contributed by atoms with Crippen LogP contribution in [-0.4, -0.2) is 92.9 Å². The van der Waals surface area contributed by atoms with E-state index in [0.717, 1.165) is 0 Å². The molecule has 0 aromatic carbocycles. The summed E-state index contributed by atoms with van der Waals surface area (Å²) in [6, 6.07) is -0.939. The highest BCUT2D eigenvalue weighted by atomic mass is 32.1. The number of aliphatic imine (C=N–C) groups is 1. The molecule has 12 nitrogen and oxygen atoms in total. The van der Waals surface area contributed by atoms with Crippen LogP contribution >= 0.6 is 12.8 Å². The number of esters is 2. The summed E-state index contributed by atoms with van der Waals surface area (Å²) in [5, 5.41) is 2.68. The third-order valence-electron chi connectivity index (χ3n) is 4.42. The maximum atomic E-state index is 11.9. The fourth-order valence-corrected chi connectivity index (χ4v) is 3.32. The van der Waals surface area contributed by atoms with Crippen LogP contribution in [0.3, 0.4) is 0 Å². The lowest BCUT2D eigenvalue weighted by atomic mass is 9.95. The number of nitrogens with zero attached hydrogens (tertiary/aromatic N) is 2. The highest BCUT2D eigenvalue weighted by molar-refractivity contribution is 7.78. The van der Waals surface area contributed by atoms with Crippen LogP contribution < -0.4 is 10.0 Å². The summed E-state index contributed by atoms with van der Waals surface area (Å²) in [7, 11) is 3.59. The molecule has 0 aromatic heterocycles. The van der Waals surface area contributed by atoms with E-state index in [1.54, 1.807) is 25.3 Å². The predicted molar refractivity (Wildman–Crippen MR) is 121 cm³/mol. The quantitative estimate of drug-likeness (QED) is 0.111. The molecule has 5 atom stereocenters. The third-order valence-corrected chi connectivity index (χ3v) is 4.67. The highest BCUT2D eigenvalue weighted by Crippen LogP contribution is 2.28. The van der Waals surface area contributed by atoms with Crippen LogP contribution in [0.1, 0.15) is 40.0 Å². The summed E-state index contributed by atoms with van der Waals surface area (Å²) >= 11 is 3.70. The summed E-state index contributed by atoms with van der Waals surface area (Å²) in [4.78, 5) is 52.8. The van der Waals surface area contributed by atoms with Crippen molar-refractivity contribution in [2.45, 2.75) is 70.7 Å². The maximum absolute atomic E-state index is 11.9. The van der Waals surface area contributed by atoms with Crippen LogP contribution in [0.25, 0.3) is 0 Å². The number of carbonyl (C=O) groups excluding carboxylic acids is 4. The van der Waals surface area contributed by atoms with Gasteiger partial charge in [-0.3, -0.25) is 24.2 Å². The summed E-state index contributed by atoms with van der Waals surface area (Å²) in [6.07, 6.45) is -0.989. The van der Waals surface area contributed by atoms with Gasteiger partial charge in [-0.05, 0) is 12.8 Å². The van der Waals surface area contributed by atoms with Crippen molar-refractivity contribution >= 4 is 42.9 Å². The van der Waals surface area contributed by atoms with Crippen molar-refractivity contribution in [2.75, 3.05) is 27.2 Å². The van der Waals surface area contributed by atoms with Crippen LogP contribution in [0, 0.1) is 0 Å². The van der Waals surface area contributed by atoms with Crippen molar-refractivity contribution in [3.63, 3.8) is 0 Å². The van der Waals surface area contributed by atoms with Crippen LogP contribution in [0.5, 0.6) is 0 Å². The molecule has 1 aliphatic heterocycles. The Labute approximate surface area is 199 Å². The van der Waals surface area contributed by atoms with Crippen molar-refractivity contribution in [3.05, 3.63) is 0 Å². The van der Waals surface area contributed by atoms with Crippen molar-refractivity contribution in [3.8, 4) is 0 Å². The van der Waals surface area contributed by atoms with Gasteiger partial charge in [-0.25, -0.2) is 0 Å². The highest BCUT2D eigenvalue weighted by Gasteiger charge is 2.50. The van der Waals surface area contributed by atoms with Gasteiger partial charge in [0.1, 0.15) is 12.1 Å². The Hall–Kier alpha value is -2.38. The first kappa shape index (κ1) is 28.7. The van der Waals surface area contributed by atoms with Gasteiger partial charge in [0.25, 0.3) is 0 Å². The number of amides is 2. The molecule has 1 saturated heterocycles. The van der Waals surface area contributed by atoms with E-state index < -0.39 is 48.5 Å². The summed E-state index contributed by atoms with van der Waals surface area (Å²) in [6.45, 7) is 4.03. The van der Waals surface area contributed by atoms with E-state index >= 15 is 0 Å². The molecule has 0 aromatic rings. The molecule has 188 valence electrons. The van der Waals surface area contributed by atoms with Crippen molar-refractivity contribution in [1.82, 2.24) is 14.9 Å². The molecule has 13 heteroatoms. The fraction of sp³-hybridized carbons (Fsp3) is 0.750. The first-order chi connectivity index (χ1) is 15.5. The molecule has 0 radical (unpaired) electrons. The molecule has 0 spiro atoms. The molecule has 1 heterocycles. The molecule has 1 fully saturated rings. The van der Waals surface area contributed by atoms with Crippen LogP contribution in [0.2, 0.25) is 0 Å². The number of carbonyl (C=O) groups is 4. The zero-order chi connectivity index (χ0) is 25.0. The van der Waals surface area contributed by atoms with E-state index in [2.05, 4.69) is 27.8 Å². The standard InChI is InChI=1S/C20H34N4O8S/c1-12(25)22-17-19(31-14(3)27)18(30-13(2)26)15(10-21-11-24(4)5)32-20(17)29-9-7-6-8-16(28)23-33/h11,15,17-20,33H,6-10H2,1-5H3,(H,22,25)(H,23,28). The maximum Gasteiger partial charge on any atom is 0.303 e. The van der Waals surface area contributed by atoms with Crippen LogP contribution in [0.15, 0.2) is 4.99 Å². The van der Waals surface area contributed by atoms with Gasteiger partial charge in [-0.2, -0.15) is 0 Å². The smallest absolute Gasteiger partial charge is 0.303 e. The number of nitrogens with one attached hydrogen (secondary N) is 2. The number of ether oxygens (including phenoxy) is 4. The monoisotopic (exact) mass is 490 g/mol. The lowest BCUT2D eigenvalue weighted by Gasteiger charge is -2.44. The van der Waals surface area contributed by atoms with E-state index in [1.807, 2.05) is 0 Å². The molecule has 1 aliphatic rings. The molecular weight excluding hydrogens is 456 g/mol. The Bertz CT molecular complexity index is 706. The van der Waals surface area contributed by atoms with Gasteiger partial charge in [0.15, 0.2) is 18.5 Å². The minimum atomic E-state index is -1.07. The van der Waals surface area contributed by atoms with Crippen LogP contribution in [0.4, 0.5) is 0 Å². The molecule has 2 N–H and O–H groups in total. The van der Waals surface area contributed by atoms with Crippen molar-refractivity contribution < 1.29 is 38.1 Å². The SMILES string of the molecule is CC(=O)NC1C(OCCCCC(=O)NS)OC(CN=CN(C)C)C(OC(C)=O)C1OC(C)=O. The Morgan fingerprint density at radius 2 is 1.70 bits per heavy atom. The minimum Gasteiger partial charge on any atom is -0.456 e. The lowest BCUT2D eigenvalue weighted by Crippen LogP contribution is -2.66. The average molecular weight is 491 g/mol. The fourth-order valence-electron chi connectivity index (χ4n) is 3.20. The van der Waals surface area contributed by atoms with E-state index in [4.69, 9.17) is 18.9 Å². The number of hydrogen-bond donors (Lipinski definition) is 3. The average Bonchev–Trinajstić information content (AvgIpc) is 2.70.